The van der Waals surface area contributed by atoms with E-state index in [9.17, 15) is 0 Å². The molecule has 2 unspecified atom stereocenters. The van der Waals surface area contributed by atoms with Crippen molar-refractivity contribution in [2.75, 3.05) is 13.1 Å². The normalized spacial score (nSPS) is 22.2. The Hall–Kier alpha value is -1.31. The van der Waals surface area contributed by atoms with Gasteiger partial charge in [-0.2, -0.15) is 0 Å². The molecule has 0 amide bonds. The highest BCUT2D eigenvalue weighted by atomic mass is 35.5. The molecule has 1 aliphatic rings. The molecule has 1 nitrogen and oxygen atoms in total. The molecule has 0 aromatic heterocycles. The summed E-state index contributed by atoms with van der Waals surface area (Å²) in [5, 5.41) is 4.36. The molecule has 1 saturated heterocycles. The van der Waals surface area contributed by atoms with Crippen molar-refractivity contribution < 1.29 is 0 Å². The van der Waals surface area contributed by atoms with Crippen molar-refractivity contribution in [2.24, 2.45) is 0 Å². The second kappa shape index (κ2) is 6.21. The summed E-state index contributed by atoms with van der Waals surface area (Å²) < 4.78 is 0. The molecule has 0 saturated carbocycles. The van der Waals surface area contributed by atoms with Crippen LogP contribution in [0.5, 0.6) is 0 Å². The Morgan fingerprint density at radius 3 is 2.52 bits per heavy atom. The summed E-state index contributed by atoms with van der Waals surface area (Å²) >= 11 is 6.03. The highest BCUT2D eigenvalue weighted by molar-refractivity contribution is 6.30. The lowest BCUT2D eigenvalue weighted by molar-refractivity contribution is 0.403. The summed E-state index contributed by atoms with van der Waals surface area (Å²) in [6.45, 7) is 6.60. The van der Waals surface area contributed by atoms with Gasteiger partial charge in [0.15, 0.2) is 0 Å². The van der Waals surface area contributed by atoms with E-state index in [2.05, 4.69) is 49.5 Å². The van der Waals surface area contributed by atoms with E-state index < -0.39 is 0 Å². The Bertz CT molecular complexity index is 618. The predicted octanol–water partition coefficient (Wildman–Crippen LogP) is 4.82. The van der Waals surface area contributed by atoms with Gasteiger partial charge in [-0.1, -0.05) is 41.9 Å². The Balaban J connectivity index is 1.98. The molecule has 0 radical (unpaired) electrons. The van der Waals surface area contributed by atoms with Gasteiger partial charge in [0, 0.05) is 17.5 Å². The summed E-state index contributed by atoms with van der Waals surface area (Å²) in [7, 11) is 0. The van der Waals surface area contributed by atoms with Gasteiger partial charge >= 0.3 is 0 Å². The molecule has 2 aromatic carbocycles. The number of hydrogen-bond acceptors (Lipinski definition) is 1. The fourth-order valence-corrected chi connectivity index (χ4v) is 3.59. The van der Waals surface area contributed by atoms with Gasteiger partial charge in [-0.15, -0.1) is 0 Å². The molecular weight excluding hydrogens is 278 g/mol. The van der Waals surface area contributed by atoms with Crippen LogP contribution in [0.15, 0.2) is 42.5 Å². The van der Waals surface area contributed by atoms with Crippen molar-refractivity contribution in [3.63, 3.8) is 0 Å². The molecule has 0 aliphatic carbocycles. The predicted molar refractivity (Wildman–Crippen MR) is 90.3 cm³/mol. The van der Waals surface area contributed by atoms with E-state index in [1.807, 2.05) is 12.1 Å². The smallest absolute Gasteiger partial charge is 0.0406 e. The second-order valence-electron chi connectivity index (χ2n) is 6.05. The minimum atomic E-state index is 0.525. The van der Waals surface area contributed by atoms with Gasteiger partial charge in [0.2, 0.25) is 0 Å². The first-order valence-electron chi connectivity index (χ1n) is 7.69. The average molecular weight is 300 g/mol. The van der Waals surface area contributed by atoms with Gasteiger partial charge in [-0.05, 0) is 67.1 Å². The summed E-state index contributed by atoms with van der Waals surface area (Å²) in [5.41, 5.74) is 5.73. The lowest BCUT2D eigenvalue weighted by Crippen LogP contribution is -2.34. The molecule has 1 N–H and O–H groups in total. The maximum Gasteiger partial charge on any atom is 0.0406 e. The van der Waals surface area contributed by atoms with Crippen LogP contribution in [0.3, 0.4) is 0 Å². The zero-order chi connectivity index (χ0) is 14.8. The third kappa shape index (κ3) is 3.00. The molecule has 0 bridgehead atoms. The van der Waals surface area contributed by atoms with E-state index in [1.165, 1.54) is 28.7 Å². The third-order valence-corrected chi connectivity index (χ3v) is 5.08. The number of halogens is 1. The summed E-state index contributed by atoms with van der Waals surface area (Å²) in [5.74, 6) is 1.11. The first-order chi connectivity index (χ1) is 10.2. The highest BCUT2D eigenvalue weighted by Crippen LogP contribution is 2.39. The van der Waals surface area contributed by atoms with Crippen molar-refractivity contribution in [2.45, 2.75) is 32.1 Å². The lowest BCUT2D eigenvalue weighted by Gasteiger charge is -2.34. The van der Waals surface area contributed by atoms with Crippen molar-refractivity contribution in [1.82, 2.24) is 5.32 Å². The van der Waals surface area contributed by atoms with E-state index in [0.29, 0.717) is 11.8 Å². The highest BCUT2D eigenvalue weighted by Gasteiger charge is 2.28. The first-order valence-corrected chi connectivity index (χ1v) is 8.07. The minimum Gasteiger partial charge on any atom is -0.316 e. The van der Waals surface area contributed by atoms with Gasteiger partial charge < -0.3 is 5.32 Å². The van der Waals surface area contributed by atoms with Crippen molar-refractivity contribution in [3.8, 4) is 0 Å². The van der Waals surface area contributed by atoms with Crippen LogP contribution in [0.4, 0.5) is 0 Å². The maximum atomic E-state index is 6.03. The molecule has 2 heteroatoms. The average Bonchev–Trinajstić information content (AvgIpc) is 2.51. The number of nitrogens with one attached hydrogen (secondary N) is 1. The SMILES string of the molecule is Cc1cccc(C2CCNCC2c2ccc(Cl)cc2)c1C. The Kier molecular flexibility index (Phi) is 4.32. The van der Waals surface area contributed by atoms with Gasteiger partial charge in [-0.3, -0.25) is 0 Å². The topological polar surface area (TPSA) is 12.0 Å². The fraction of sp³-hybridized carbons (Fsp3) is 0.368. The lowest BCUT2D eigenvalue weighted by atomic mass is 9.75. The van der Waals surface area contributed by atoms with Crippen molar-refractivity contribution in [3.05, 3.63) is 69.7 Å². The molecule has 21 heavy (non-hydrogen) atoms. The van der Waals surface area contributed by atoms with Crippen LogP contribution in [-0.4, -0.2) is 13.1 Å². The molecule has 1 aliphatic heterocycles. The number of aryl methyl sites for hydroxylation is 1. The number of piperidine rings is 1. The maximum absolute atomic E-state index is 6.03. The van der Waals surface area contributed by atoms with Gasteiger partial charge in [0.1, 0.15) is 0 Å². The molecular formula is C19H22ClN. The van der Waals surface area contributed by atoms with Crippen LogP contribution in [0, 0.1) is 13.8 Å². The van der Waals surface area contributed by atoms with Crippen LogP contribution in [0.25, 0.3) is 0 Å². The third-order valence-electron chi connectivity index (χ3n) is 4.83. The Morgan fingerprint density at radius 2 is 1.76 bits per heavy atom. The molecule has 1 fully saturated rings. The van der Waals surface area contributed by atoms with Gasteiger partial charge in [0.05, 0.1) is 0 Å². The van der Waals surface area contributed by atoms with E-state index in [0.717, 1.165) is 18.1 Å². The fourth-order valence-electron chi connectivity index (χ4n) is 3.47. The molecule has 3 rings (SSSR count). The van der Waals surface area contributed by atoms with Crippen LogP contribution < -0.4 is 5.32 Å². The monoisotopic (exact) mass is 299 g/mol. The molecule has 1 heterocycles. The largest absolute Gasteiger partial charge is 0.316 e. The van der Waals surface area contributed by atoms with Crippen LogP contribution in [-0.2, 0) is 0 Å². The van der Waals surface area contributed by atoms with Crippen LogP contribution in [0.1, 0.15) is 40.5 Å². The van der Waals surface area contributed by atoms with E-state index >= 15 is 0 Å². The quantitative estimate of drug-likeness (QED) is 0.838. The second-order valence-corrected chi connectivity index (χ2v) is 6.48. The zero-order valence-corrected chi connectivity index (χ0v) is 13.5. The van der Waals surface area contributed by atoms with Gasteiger partial charge in [0.25, 0.3) is 0 Å². The number of rotatable bonds is 2. The summed E-state index contributed by atoms with van der Waals surface area (Å²) in [6.07, 6.45) is 1.19. The van der Waals surface area contributed by atoms with E-state index in [4.69, 9.17) is 11.6 Å². The molecule has 2 atom stereocenters. The van der Waals surface area contributed by atoms with Crippen LogP contribution in [0.2, 0.25) is 5.02 Å². The first kappa shape index (κ1) is 14.6. The Labute approximate surface area is 132 Å². The van der Waals surface area contributed by atoms with Crippen molar-refractivity contribution in [1.29, 1.82) is 0 Å². The number of hydrogen-bond donors (Lipinski definition) is 1. The summed E-state index contributed by atoms with van der Waals surface area (Å²) in [4.78, 5) is 0. The van der Waals surface area contributed by atoms with E-state index in [-0.39, 0.29) is 0 Å². The van der Waals surface area contributed by atoms with Crippen LogP contribution >= 0.6 is 11.6 Å². The van der Waals surface area contributed by atoms with Crippen molar-refractivity contribution >= 4 is 11.6 Å². The molecule has 2 aromatic rings. The Morgan fingerprint density at radius 1 is 1.00 bits per heavy atom. The van der Waals surface area contributed by atoms with Gasteiger partial charge in [-0.25, -0.2) is 0 Å². The standard InChI is InChI=1S/C19H22ClN/c1-13-4-3-5-17(14(13)2)18-10-11-21-12-19(18)15-6-8-16(20)9-7-15/h3-9,18-19,21H,10-12H2,1-2H3. The molecule has 0 spiro atoms. The zero-order valence-electron chi connectivity index (χ0n) is 12.7. The summed E-state index contributed by atoms with van der Waals surface area (Å²) in [6, 6.07) is 15.1. The van der Waals surface area contributed by atoms with E-state index in [1.54, 1.807) is 0 Å². The number of benzene rings is 2. The minimum absolute atomic E-state index is 0.525. The molecule has 110 valence electrons.